The van der Waals surface area contributed by atoms with E-state index in [-0.39, 0.29) is 11.5 Å². The predicted molar refractivity (Wildman–Crippen MR) is 197 cm³/mol. The van der Waals surface area contributed by atoms with Crippen molar-refractivity contribution in [1.82, 2.24) is 9.47 Å². The van der Waals surface area contributed by atoms with Gasteiger partial charge in [-0.2, -0.15) is 0 Å². The lowest BCUT2D eigenvalue weighted by Crippen LogP contribution is -2.35. The van der Waals surface area contributed by atoms with E-state index in [1.54, 1.807) is 0 Å². The van der Waals surface area contributed by atoms with Crippen molar-refractivity contribution in [2.45, 2.75) is 17.5 Å². The second-order valence-electron chi connectivity index (χ2n) is 13.5. The van der Waals surface area contributed by atoms with Crippen molar-refractivity contribution < 1.29 is 0 Å². The molecule has 0 radical (unpaired) electrons. The summed E-state index contributed by atoms with van der Waals surface area (Å²) in [5, 5.41) is 2.57. The molecule has 0 saturated heterocycles. The average molecular weight is 614 g/mol. The zero-order chi connectivity index (χ0) is 31.6. The minimum Gasteiger partial charge on any atom is -0.351 e. The van der Waals surface area contributed by atoms with Crippen LogP contribution < -0.4 is 0 Å². The molecule has 3 nitrogen and oxygen atoms in total. The summed E-state index contributed by atoms with van der Waals surface area (Å²) in [5.74, 6) is 1.06. The number of amidine groups is 1. The third-order valence-electron chi connectivity index (χ3n) is 11.3. The smallest absolute Gasteiger partial charge is 0.131 e. The van der Waals surface area contributed by atoms with Crippen molar-refractivity contribution >= 4 is 27.6 Å². The first-order valence-corrected chi connectivity index (χ1v) is 16.9. The van der Waals surface area contributed by atoms with Crippen LogP contribution in [-0.4, -0.2) is 34.4 Å². The molecule has 0 fully saturated rings. The summed E-state index contributed by atoms with van der Waals surface area (Å²) in [7, 11) is 2.15. The highest BCUT2D eigenvalue weighted by Crippen LogP contribution is 2.60. The molecule has 0 amide bonds. The second kappa shape index (κ2) is 9.33. The van der Waals surface area contributed by atoms with Crippen LogP contribution in [0.1, 0.15) is 27.8 Å². The lowest BCUT2D eigenvalue weighted by molar-refractivity contribution is 0.437. The number of nitrogens with zero attached hydrogens (tertiary/aromatic N) is 3. The molecule has 2 atom stereocenters. The van der Waals surface area contributed by atoms with Gasteiger partial charge in [-0.25, -0.2) is 0 Å². The van der Waals surface area contributed by atoms with Gasteiger partial charge in [-0.15, -0.1) is 0 Å². The van der Waals surface area contributed by atoms with Crippen molar-refractivity contribution in [3.8, 4) is 27.9 Å². The van der Waals surface area contributed by atoms with Crippen molar-refractivity contribution in [2.24, 2.45) is 4.99 Å². The van der Waals surface area contributed by atoms with Crippen LogP contribution in [-0.2, 0) is 5.41 Å². The van der Waals surface area contributed by atoms with Gasteiger partial charge in [0.15, 0.2) is 0 Å². The summed E-state index contributed by atoms with van der Waals surface area (Å²) in [6, 6.07) is 50.5. The van der Waals surface area contributed by atoms with Gasteiger partial charge < -0.3 is 9.47 Å². The second-order valence-corrected chi connectivity index (χ2v) is 13.5. The Bertz CT molecular complexity index is 2550. The lowest BCUT2D eigenvalue weighted by atomic mass is 9.65. The molecule has 0 saturated carbocycles. The van der Waals surface area contributed by atoms with E-state index in [4.69, 9.17) is 4.99 Å². The Hall–Kier alpha value is -5.93. The first-order valence-electron chi connectivity index (χ1n) is 16.9. The fourth-order valence-electron chi connectivity index (χ4n) is 9.27. The number of allylic oxidation sites excluding steroid dienone is 2. The first-order chi connectivity index (χ1) is 23.7. The standard InChI is InChI=1S/C45H31N3/c1-47-42-20-9-7-18-39(42)46-44(47)29-23-21-28(22-24-29)30-25-26-40-34(27-30)33-13-10-17-38-43(33)48(40)41-19-8-6-16-37(41)45(38)35-14-4-2-11-31(35)32-12-3-5-15-36(32)45/h2-27,39,42H,1H3. The Morgan fingerprint density at radius 2 is 1.21 bits per heavy atom. The predicted octanol–water partition coefficient (Wildman–Crippen LogP) is 9.68. The van der Waals surface area contributed by atoms with Crippen LogP contribution in [0.5, 0.6) is 0 Å². The van der Waals surface area contributed by atoms with Crippen LogP contribution in [0.15, 0.2) is 163 Å². The largest absolute Gasteiger partial charge is 0.351 e. The summed E-state index contributed by atoms with van der Waals surface area (Å²) in [6.45, 7) is 0. The number of benzene rings is 6. The van der Waals surface area contributed by atoms with Crippen molar-refractivity contribution in [3.05, 3.63) is 186 Å². The number of hydrogen-bond acceptors (Lipinski definition) is 2. The highest BCUT2D eigenvalue weighted by atomic mass is 15.3. The quantitative estimate of drug-likeness (QED) is 0.190. The highest BCUT2D eigenvalue weighted by molar-refractivity contribution is 6.14. The van der Waals surface area contributed by atoms with E-state index in [0.29, 0.717) is 6.04 Å². The molecule has 7 aromatic rings. The molecule has 0 bridgehead atoms. The van der Waals surface area contributed by atoms with Crippen molar-refractivity contribution in [1.29, 1.82) is 0 Å². The summed E-state index contributed by atoms with van der Waals surface area (Å²) < 4.78 is 2.52. The zero-order valence-electron chi connectivity index (χ0n) is 26.5. The minimum absolute atomic E-state index is 0.192. The number of para-hydroxylation sites is 2. The summed E-state index contributed by atoms with van der Waals surface area (Å²) in [4.78, 5) is 7.34. The van der Waals surface area contributed by atoms with Crippen LogP contribution in [0.25, 0.3) is 49.7 Å². The molecule has 1 aromatic heterocycles. The third-order valence-corrected chi connectivity index (χ3v) is 11.3. The summed E-state index contributed by atoms with van der Waals surface area (Å²) >= 11 is 0. The van der Waals surface area contributed by atoms with Crippen LogP contribution in [0, 0.1) is 0 Å². The molecule has 2 unspecified atom stereocenters. The number of hydrogen-bond donors (Lipinski definition) is 0. The van der Waals surface area contributed by atoms with E-state index in [0.717, 1.165) is 11.4 Å². The highest BCUT2D eigenvalue weighted by Gasteiger charge is 2.50. The minimum atomic E-state index is -0.383. The molecule has 2 aliphatic carbocycles. The first kappa shape index (κ1) is 26.2. The van der Waals surface area contributed by atoms with Crippen molar-refractivity contribution in [3.63, 3.8) is 0 Å². The van der Waals surface area contributed by atoms with Gasteiger partial charge in [-0.05, 0) is 62.7 Å². The SMILES string of the molecule is CN1C(c2ccc(-c3ccc4c(c3)c3cccc5c3n4-c3ccccc3C53c4ccccc4-c4ccccc43)cc2)=NC2C=CC=CC21. The Morgan fingerprint density at radius 3 is 1.98 bits per heavy atom. The van der Waals surface area contributed by atoms with Crippen LogP contribution in [0.2, 0.25) is 0 Å². The van der Waals surface area contributed by atoms with Gasteiger partial charge >= 0.3 is 0 Å². The van der Waals surface area contributed by atoms with E-state index in [9.17, 15) is 0 Å². The Kier molecular flexibility index (Phi) is 5.09. The topological polar surface area (TPSA) is 20.5 Å². The molecule has 2 aliphatic heterocycles. The number of likely N-dealkylation sites (N-methyl/N-ethyl adjacent to an activating group) is 1. The number of fused-ring (bicyclic) bond motifs is 13. The molecular weight excluding hydrogens is 583 g/mol. The fraction of sp³-hybridized carbons (Fsp3) is 0.0889. The van der Waals surface area contributed by atoms with E-state index in [1.165, 1.54) is 72.0 Å². The number of aromatic nitrogens is 1. The molecule has 48 heavy (non-hydrogen) atoms. The van der Waals surface area contributed by atoms with E-state index in [2.05, 4.69) is 174 Å². The Morgan fingerprint density at radius 1 is 0.562 bits per heavy atom. The van der Waals surface area contributed by atoms with Crippen LogP contribution >= 0.6 is 0 Å². The van der Waals surface area contributed by atoms with Gasteiger partial charge in [-0.3, -0.25) is 4.99 Å². The molecule has 11 rings (SSSR count). The van der Waals surface area contributed by atoms with Gasteiger partial charge in [0.05, 0.1) is 34.2 Å². The Balaban J connectivity index is 1.11. The maximum atomic E-state index is 5.04. The third kappa shape index (κ3) is 3.16. The number of rotatable bonds is 2. The molecule has 6 aromatic carbocycles. The molecular formula is C45H31N3. The lowest BCUT2D eigenvalue weighted by Gasteiger charge is -2.39. The van der Waals surface area contributed by atoms with Gasteiger partial charge in [0, 0.05) is 23.4 Å². The Labute approximate surface area is 279 Å². The summed E-state index contributed by atoms with van der Waals surface area (Å²) in [5.41, 5.74) is 15.1. The number of aliphatic imine (C=N–C) groups is 1. The average Bonchev–Trinajstić information content (AvgIpc) is 3.77. The van der Waals surface area contributed by atoms with Gasteiger partial charge in [0.1, 0.15) is 5.84 Å². The summed E-state index contributed by atoms with van der Waals surface area (Å²) in [6.07, 6.45) is 8.67. The van der Waals surface area contributed by atoms with E-state index in [1.807, 2.05) is 0 Å². The molecule has 3 heteroatoms. The fourth-order valence-corrected chi connectivity index (χ4v) is 9.27. The van der Waals surface area contributed by atoms with E-state index < -0.39 is 0 Å². The van der Waals surface area contributed by atoms with Crippen molar-refractivity contribution in [2.75, 3.05) is 7.05 Å². The van der Waals surface area contributed by atoms with Gasteiger partial charge in [0.2, 0.25) is 0 Å². The molecule has 226 valence electrons. The maximum absolute atomic E-state index is 5.04. The molecule has 0 N–H and O–H groups in total. The van der Waals surface area contributed by atoms with Gasteiger partial charge in [0.25, 0.3) is 0 Å². The molecule has 1 spiro atoms. The van der Waals surface area contributed by atoms with Crippen LogP contribution in [0.4, 0.5) is 0 Å². The molecule has 4 aliphatic rings. The van der Waals surface area contributed by atoms with Gasteiger partial charge in [-0.1, -0.05) is 140 Å². The maximum Gasteiger partial charge on any atom is 0.131 e. The molecule has 3 heterocycles. The van der Waals surface area contributed by atoms with Crippen LogP contribution in [0.3, 0.4) is 0 Å². The van der Waals surface area contributed by atoms with E-state index >= 15 is 0 Å². The monoisotopic (exact) mass is 613 g/mol. The zero-order valence-corrected chi connectivity index (χ0v) is 26.5. The normalized spacial score (nSPS) is 19.0.